The van der Waals surface area contributed by atoms with E-state index in [-0.39, 0.29) is 19.3 Å². The van der Waals surface area contributed by atoms with Gasteiger partial charge in [0.1, 0.15) is 6.61 Å². The second-order valence-corrected chi connectivity index (χ2v) is 5.85. The van der Waals surface area contributed by atoms with Crippen LogP contribution in [0.2, 0.25) is 0 Å². The highest BCUT2D eigenvalue weighted by Gasteiger charge is 2.01. The van der Waals surface area contributed by atoms with Gasteiger partial charge >= 0.3 is 6.16 Å². The van der Waals surface area contributed by atoms with Crippen LogP contribution < -0.4 is 0 Å². The molecule has 0 aliphatic heterocycles. The lowest BCUT2D eigenvalue weighted by atomic mass is 10.6. The number of hydrogen-bond acceptors (Lipinski definition) is 11. The number of methoxy groups -OCH3 is 1. The van der Waals surface area contributed by atoms with Crippen molar-refractivity contribution in [2.45, 2.75) is 0 Å². The summed E-state index contributed by atoms with van der Waals surface area (Å²) >= 11 is 5.20. The van der Waals surface area contributed by atoms with Gasteiger partial charge in [-0.15, -0.1) is 0 Å². The average Bonchev–Trinajstić information content (AvgIpc) is 2.77. The lowest BCUT2D eigenvalue weighted by molar-refractivity contribution is -0.0239. The molecule has 11 nitrogen and oxygen atoms in total. The Balaban J connectivity index is 3.03. The third-order valence-electron chi connectivity index (χ3n) is 3.28. The number of hydrogen-bond donors (Lipinski definition) is 0. The number of rotatable bonds is 25. The first-order valence-electron chi connectivity index (χ1n) is 10.2. The molecule has 0 spiro atoms. The van der Waals surface area contributed by atoms with Crippen LogP contribution >= 0.6 is 11.6 Å². The molecule has 0 amide bonds. The molecule has 186 valence electrons. The fourth-order valence-corrected chi connectivity index (χ4v) is 1.92. The molecule has 0 fully saturated rings. The van der Waals surface area contributed by atoms with Gasteiger partial charge in [-0.05, 0) is 0 Å². The van der Waals surface area contributed by atoms with E-state index in [0.717, 1.165) is 0 Å². The molecule has 0 unspecified atom stereocenters. The Hall–Kier alpha value is -0.760. The van der Waals surface area contributed by atoms with Crippen molar-refractivity contribution in [3.05, 3.63) is 0 Å². The Morgan fingerprint density at radius 1 is 0.484 bits per heavy atom. The van der Waals surface area contributed by atoms with E-state index in [1.165, 1.54) is 0 Å². The molecule has 0 saturated heterocycles. The van der Waals surface area contributed by atoms with Gasteiger partial charge in [-0.1, -0.05) is 11.6 Å². The molecule has 0 radical (unpaired) electrons. The van der Waals surface area contributed by atoms with Crippen LogP contribution in [0.4, 0.5) is 4.79 Å². The zero-order valence-corrected chi connectivity index (χ0v) is 19.1. The summed E-state index contributed by atoms with van der Waals surface area (Å²) in [7, 11) is 1.64. The zero-order chi connectivity index (χ0) is 22.7. The van der Waals surface area contributed by atoms with Crippen molar-refractivity contribution >= 4 is 17.8 Å². The van der Waals surface area contributed by atoms with E-state index >= 15 is 0 Å². The standard InChI is InChI=1S/C19H37ClO11/c1-22-2-3-23-4-5-24-6-7-25-8-9-26-10-11-27-12-13-28-14-15-29-16-17-30-19(21)31-18-20/h2-18H2,1H3. The molecule has 0 rings (SSSR count). The van der Waals surface area contributed by atoms with Gasteiger partial charge in [-0.25, -0.2) is 4.79 Å². The maximum absolute atomic E-state index is 10.8. The van der Waals surface area contributed by atoms with Crippen LogP contribution in [0, 0.1) is 0 Å². The van der Waals surface area contributed by atoms with Gasteiger partial charge in [0.05, 0.1) is 99.1 Å². The normalized spacial score (nSPS) is 11.0. The lowest BCUT2D eigenvalue weighted by Crippen LogP contribution is -2.15. The summed E-state index contributed by atoms with van der Waals surface area (Å²) in [6.45, 7) is 7.41. The number of alkyl halides is 1. The first-order valence-corrected chi connectivity index (χ1v) is 10.7. The quantitative estimate of drug-likeness (QED) is 0.107. The third kappa shape index (κ3) is 27.2. The molecule has 0 aliphatic carbocycles. The first kappa shape index (κ1) is 30.2. The minimum absolute atomic E-state index is 0.1000. The molecule has 0 N–H and O–H groups in total. The molecule has 0 bridgehead atoms. The van der Waals surface area contributed by atoms with E-state index in [2.05, 4.69) is 9.47 Å². The minimum Gasteiger partial charge on any atom is -0.432 e. The highest BCUT2D eigenvalue weighted by molar-refractivity contribution is 6.17. The van der Waals surface area contributed by atoms with Crippen molar-refractivity contribution in [3.63, 3.8) is 0 Å². The van der Waals surface area contributed by atoms with Crippen molar-refractivity contribution in [2.75, 3.05) is 119 Å². The second kappa shape index (κ2) is 27.3. The maximum Gasteiger partial charge on any atom is 0.509 e. The predicted molar refractivity (Wildman–Crippen MR) is 111 cm³/mol. The van der Waals surface area contributed by atoms with E-state index in [1.807, 2.05) is 0 Å². The molecular formula is C19H37ClO11. The SMILES string of the molecule is COCCOCCOCCOCCOCCOCCOCCOCCOC(=O)OCCl. The van der Waals surface area contributed by atoms with Crippen molar-refractivity contribution in [2.24, 2.45) is 0 Å². The number of carbonyl (C=O) groups excluding carboxylic acids is 1. The Kier molecular flexibility index (Phi) is 26.6. The largest absolute Gasteiger partial charge is 0.509 e. The van der Waals surface area contributed by atoms with Crippen molar-refractivity contribution in [1.82, 2.24) is 0 Å². The van der Waals surface area contributed by atoms with Crippen LogP contribution in [0.1, 0.15) is 0 Å². The summed E-state index contributed by atoms with van der Waals surface area (Å²) in [5, 5.41) is 0. The van der Waals surface area contributed by atoms with E-state index in [9.17, 15) is 4.79 Å². The molecule has 0 heterocycles. The third-order valence-corrected chi connectivity index (χ3v) is 3.39. The topological polar surface area (TPSA) is 109 Å². The summed E-state index contributed by atoms with van der Waals surface area (Å²) in [5.41, 5.74) is 0. The van der Waals surface area contributed by atoms with E-state index in [4.69, 9.17) is 49.5 Å². The van der Waals surface area contributed by atoms with Crippen LogP contribution in [-0.2, 0) is 47.4 Å². The fourth-order valence-electron chi connectivity index (χ4n) is 1.83. The van der Waals surface area contributed by atoms with Gasteiger partial charge in [0.25, 0.3) is 0 Å². The molecule has 12 heteroatoms. The molecule has 0 aliphatic rings. The molecule has 0 aromatic carbocycles. The molecular weight excluding hydrogens is 440 g/mol. The Bertz CT molecular complexity index is 364. The van der Waals surface area contributed by atoms with Crippen LogP contribution in [0.15, 0.2) is 0 Å². The van der Waals surface area contributed by atoms with Gasteiger partial charge < -0.3 is 47.4 Å². The van der Waals surface area contributed by atoms with Crippen molar-refractivity contribution in [1.29, 1.82) is 0 Å². The predicted octanol–water partition coefficient (Wildman–Crippen LogP) is 1.10. The summed E-state index contributed by atoms with van der Waals surface area (Å²) in [6.07, 6.45) is -0.815. The van der Waals surface area contributed by atoms with Gasteiger partial charge in [0, 0.05) is 7.11 Å². The van der Waals surface area contributed by atoms with E-state index < -0.39 is 6.16 Å². The van der Waals surface area contributed by atoms with E-state index in [0.29, 0.717) is 92.5 Å². The summed E-state index contributed by atoms with van der Waals surface area (Å²) in [6, 6.07) is -0.237. The summed E-state index contributed by atoms with van der Waals surface area (Å²) in [4.78, 5) is 10.8. The van der Waals surface area contributed by atoms with Crippen LogP contribution in [0.5, 0.6) is 0 Å². The number of halogens is 1. The summed E-state index contributed by atoms with van der Waals surface area (Å²) < 4.78 is 51.3. The fraction of sp³-hybridized carbons (Fsp3) is 0.947. The van der Waals surface area contributed by atoms with Crippen LogP contribution in [-0.4, -0.2) is 125 Å². The van der Waals surface area contributed by atoms with Crippen molar-refractivity contribution in [3.8, 4) is 0 Å². The molecule has 0 atom stereocenters. The Labute approximate surface area is 189 Å². The smallest absolute Gasteiger partial charge is 0.432 e. The highest BCUT2D eigenvalue weighted by atomic mass is 35.5. The molecule has 0 aromatic rings. The van der Waals surface area contributed by atoms with E-state index in [1.54, 1.807) is 7.11 Å². The first-order chi connectivity index (χ1) is 15.3. The Morgan fingerprint density at radius 2 is 0.774 bits per heavy atom. The summed E-state index contributed by atoms with van der Waals surface area (Å²) in [5.74, 6) is 0. The van der Waals surface area contributed by atoms with Gasteiger partial charge in [0.15, 0.2) is 6.07 Å². The van der Waals surface area contributed by atoms with Gasteiger partial charge in [-0.2, -0.15) is 0 Å². The second-order valence-electron chi connectivity index (χ2n) is 5.63. The maximum atomic E-state index is 10.8. The van der Waals surface area contributed by atoms with Gasteiger partial charge in [0.2, 0.25) is 0 Å². The number of carbonyl (C=O) groups is 1. The molecule has 0 saturated carbocycles. The number of ether oxygens (including phenoxy) is 10. The lowest BCUT2D eigenvalue weighted by Gasteiger charge is -2.08. The monoisotopic (exact) mass is 476 g/mol. The average molecular weight is 477 g/mol. The van der Waals surface area contributed by atoms with Crippen LogP contribution in [0.3, 0.4) is 0 Å². The minimum atomic E-state index is -0.815. The Morgan fingerprint density at radius 3 is 1.06 bits per heavy atom. The molecule has 0 aromatic heterocycles. The van der Waals surface area contributed by atoms with Gasteiger partial charge in [-0.3, -0.25) is 0 Å². The van der Waals surface area contributed by atoms with Crippen molar-refractivity contribution < 1.29 is 52.2 Å². The zero-order valence-electron chi connectivity index (χ0n) is 18.4. The van der Waals surface area contributed by atoms with Crippen LogP contribution in [0.25, 0.3) is 0 Å². The highest BCUT2D eigenvalue weighted by Crippen LogP contribution is 1.89. The molecule has 31 heavy (non-hydrogen) atoms.